The number of hydrogen-bond acceptors (Lipinski definition) is 5. The summed E-state index contributed by atoms with van der Waals surface area (Å²) >= 11 is 0. The molecule has 0 radical (unpaired) electrons. The maximum absolute atomic E-state index is 13.4. The molecular formula is C24H34N4O4. The zero-order chi connectivity index (χ0) is 23.3. The molecule has 1 aliphatic carbocycles. The third kappa shape index (κ3) is 5.92. The van der Waals surface area contributed by atoms with Crippen molar-refractivity contribution >= 4 is 11.9 Å². The third-order valence-electron chi connectivity index (χ3n) is 5.85. The van der Waals surface area contributed by atoms with Crippen LogP contribution in [0.5, 0.6) is 5.88 Å². The normalized spacial score (nSPS) is 21.3. The summed E-state index contributed by atoms with van der Waals surface area (Å²) in [5.74, 6) is 6.66. The molecule has 2 heterocycles. The standard InChI is InChI=1S/C24H34N4O4/c1-5-10-25-24(31)27(4)14-21-16(2)13-28(17(3)15-29)23(30)20-11-19(9-8-18-6-7-18)12-26-22(20)32-21/h11-12,16-18,21,29H,5-7,10,13-15H2,1-4H3,(H,25,31)/t16-,17-,21-/m0/s1. The summed E-state index contributed by atoms with van der Waals surface area (Å²) in [5, 5.41) is 12.6. The van der Waals surface area contributed by atoms with E-state index in [1.165, 1.54) is 0 Å². The van der Waals surface area contributed by atoms with Gasteiger partial charge in [0.2, 0.25) is 5.88 Å². The molecule has 174 valence electrons. The van der Waals surface area contributed by atoms with Crippen LogP contribution in [0.3, 0.4) is 0 Å². The van der Waals surface area contributed by atoms with Crippen LogP contribution in [-0.2, 0) is 0 Å². The number of fused-ring (bicyclic) bond motifs is 1. The number of aliphatic hydroxyl groups is 1. The van der Waals surface area contributed by atoms with E-state index in [9.17, 15) is 14.7 Å². The Morgan fingerprint density at radius 2 is 2.22 bits per heavy atom. The van der Waals surface area contributed by atoms with Gasteiger partial charge in [-0.1, -0.05) is 25.7 Å². The average Bonchev–Trinajstić information content (AvgIpc) is 3.62. The number of aliphatic hydroxyl groups excluding tert-OH is 1. The van der Waals surface area contributed by atoms with Crippen LogP contribution in [0.25, 0.3) is 0 Å². The van der Waals surface area contributed by atoms with Gasteiger partial charge in [0.15, 0.2) is 0 Å². The van der Waals surface area contributed by atoms with Crippen LogP contribution < -0.4 is 10.1 Å². The van der Waals surface area contributed by atoms with Gasteiger partial charge in [-0.25, -0.2) is 9.78 Å². The number of likely N-dealkylation sites (N-methyl/N-ethyl adjacent to an activating group) is 1. The van der Waals surface area contributed by atoms with Gasteiger partial charge in [-0.3, -0.25) is 4.79 Å². The number of amides is 3. The van der Waals surface area contributed by atoms with E-state index in [4.69, 9.17) is 4.74 Å². The van der Waals surface area contributed by atoms with Gasteiger partial charge >= 0.3 is 6.03 Å². The summed E-state index contributed by atoms with van der Waals surface area (Å²) in [4.78, 5) is 33.4. The van der Waals surface area contributed by atoms with Crippen molar-refractivity contribution in [2.75, 3.05) is 33.3 Å². The van der Waals surface area contributed by atoms with Gasteiger partial charge in [0.25, 0.3) is 5.91 Å². The van der Waals surface area contributed by atoms with Crippen LogP contribution in [0.1, 0.15) is 56.0 Å². The molecule has 0 spiro atoms. The number of pyridine rings is 1. The van der Waals surface area contributed by atoms with E-state index < -0.39 is 0 Å². The second-order valence-electron chi connectivity index (χ2n) is 8.86. The number of carbonyl (C=O) groups is 2. The molecule has 3 atom stereocenters. The van der Waals surface area contributed by atoms with E-state index >= 15 is 0 Å². The molecule has 1 saturated carbocycles. The predicted octanol–water partition coefficient (Wildman–Crippen LogP) is 2.11. The van der Waals surface area contributed by atoms with Crippen molar-refractivity contribution in [2.45, 2.75) is 52.2 Å². The van der Waals surface area contributed by atoms with Crippen molar-refractivity contribution in [3.8, 4) is 17.7 Å². The summed E-state index contributed by atoms with van der Waals surface area (Å²) in [7, 11) is 1.73. The van der Waals surface area contributed by atoms with Crippen LogP contribution in [0.4, 0.5) is 4.79 Å². The molecular weight excluding hydrogens is 408 g/mol. The Morgan fingerprint density at radius 1 is 1.47 bits per heavy atom. The molecule has 2 aliphatic rings. The fraction of sp³-hybridized carbons (Fsp3) is 0.625. The summed E-state index contributed by atoms with van der Waals surface area (Å²) < 4.78 is 6.21. The number of ether oxygens (including phenoxy) is 1. The first kappa shape index (κ1) is 23.9. The number of hydrogen-bond donors (Lipinski definition) is 2. The minimum atomic E-state index is -0.372. The second-order valence-corrected chi connectivity index (χ2v) is 8.86. The lowest BCUT2D eigenvalue weighted by molar-refractivity contribution is 0.0352. The van der Waals surface area contributed by atoms with Crippen LogP contribution >= 0.6 is 0 Å². The van der Waals surface area contributed by atoms with Crippen molar-refractivity contribution in [3.63, 3.8) is 0 Å². The summed E-state index contributed by atoms with van der Waals surface area (Å²) in [6.45, 7) is 7.00. The summed E-state index contributed by atoms with van der Waals surface area (Å²) in [6, 6.07) is 1.20. The van der Waals surface area contributed by atoms with Crippen LogP contribution in [-0.4, -0.2) is 77.3 Å². The first-order valence-electron chi connectivity index (χ1n) is 11.4. The lowest BCUT2D eigenvalue weighted by atomic mass is 10.00. The lowest BCUT2D eigenvalue weighted by Gasteiger charge is -2.37. The van der Waals surface area contributed by atoms with Crippen molar-refractivity contribution in [1.82, 2.24) is 20.1 Å². The molecule has 0 unspecified atom stereocenters. The maximum atomic E-state index is 13.4. The molecule has 0 saturated heterocycles. The highest BCUT2D eigenvalue weighted by Crippen LogP contribution is 2.29. The number of carbonyl (C=O) groups excluding carboxylic acids is 2. The van der Waals surface area contributed by atoms with Crippen molar-refractivity contribution in [2.24, 2.45) is 11.8 Å². The molecule has 8 heteroatoms. The Labute approximate surface area is 190 Å². The van der Waals surface area contributed by atoms with E-state index in [0.29, 0.717) is 36.7 Å². The highest BCUT2D eigenvalue weighted by molar-refractivity contribution is 5.97. The fourth-order valence-electron chi connectivity index (χ4n) is 3.52. The topological polar surface area (TPSA) is 95.0 Å². The maximum Gasteiger partial charge on any atom is 0.317 e. The van der Waals surface area contributed by atoms with Gasteiger partial charge < -0.3 is 25.0 Å². The summed E-state index contributed by atoms with van der Waals surface area (Å²) in [6.07, 6.45) is 4.35. The minimum Gasteiger partial charge on any atom is -0.472 e. The monoisotopic (exact) mass is 442 g/mol. The van der Waals surface area contributed by atoms with Gasteiger partial charge in [-0.15, -0.1) is 0 Å². The number of urea groups is 1. The van der Waals surface area contributed by atoms with Gasteiger partial charge in [0.05, 0.1) is 19.2 Å². The van der Waals surface area contributed by atoms with Crippen molar-refractivity contribution in [1.29, 1.82) is 0 Å². The Bertz CT molecular complexity index is 890. The van der Waals surface area contributed by atoms with Gasteiger partial charge in [-0.05, 0) is 32.3 Å². The second kappa shape index (κ2) is 10.7. The van der Waals surface area contributed by atoms with E-state index in [0.717, 1.165) is 19.3 Å². The zero-order valence-electron chi connectivity index (χ0n) is 19.4. The predicted molar refractivity (Wildman–Crippen MR) is 121 cm³/mol. The first-order valence-corrected chi connectivity index (χ1v) is 11.4. The van der Waals surface area contributed by atoms with E-state index in [1.807, 2.05) is 20.8 Å². The zero-order valence-corrected chi connectivity index (χ0v) is 19.4. The van der Waals surface area contributed by atoms with Crippen molar-refractivity contribution < 1.29 is 19.4 Å². The Kier molecular flexibility index (Phi) is 7.97. The number of rotatable bonds is 6. The molecule has 1 aliphatic heterocycles. The van der Waals surface area contributed by atoms with E-state index in [-0.39, 0.29) is 42.5 Å². The molecule has 32 heavy (non-hydrogen) atoms. The smallest absolute Gasteiger partial charge is 0.317 e. The molecule has 0 bridgehead atoms. The molecule has 2 N–H and O–H groups in total. The molecule has 1 fully saturated rings. The quantitative estimate of drug-likeness (QED) is 0.658. The van der Waals surface area contributed by atoms with Crippen LogP contribution in [0, 0.1) is 23.7 Å². The summed E-state index contributed by atoms with van der Waals surface area (Å²) in [5.41, 5.74) is 1.01. The SMILES string of the molecule is CCCNC(=O)N(C)C[C@@H]1Oc2ncc(C#CC3CC3)cc2C(=O)N([C@@H](C)CO)C[C@@H]1C. The van der Waals surface area contributed by atoms with Crippen LogP contribution in [0.2, 0.25) is 0 Å². The first-order chi connectivity index (χ1) is 15.3. The molecule has 3 amide bonds. The Hall–Kier alpha value is -2.79. The largest absolute Gasteiger partial charge is 0.472 e. The Balaban J connectivity index is 1.89. The third-order valence-corrected chi connectivity index (χ3v) is 5.85. The molecule has 1 aromatic rings. The molecule has 0 aromatic carbocycles. The minimum absolute atomic E-state index is 0.0846. The van der Waals surface area contributed by atoms with Gasteiger partial charge in [-0.2, -0.15) is 0 Å². The Morgan fingerprint density at radius 3 is 2.88 bits per heavy atom. The number of aromatic nitrogens is 1. The highest BCUT2D eigenvalue weighted by atomic mass is 16.5. The molecule has 8 nitrogen and oxygen atoms in total. The number of nitrogens with one attached hydrogen (secondary N) is 1. The van der Waals surface area contributed by atoms with Crippen molar-refractivity contribution in [3.05, 3.63) is 23.4 Å². The fourth-order valence-corrected chi connectivity index (χ4v) is 3.52. The van der Waals surface area contributed by atoms with Gasteiger partial charge in [0.1, 0.15) is 11.7 Å². The average molecular weight is 443 g/mol. The van der Waals surface area contributed by atoms with Crippen LogP contribution in [0.15, 0.2) is 12.3 Å². The number of nitrogens with zero attached hydrogens (tertiary/aromatic N) is 3. The highest BCUT2D eigenvalue weighted by Gasteiger charge is 2.34. The lowest BCUT2D eigenvalue weighted by Crippen LogP contribution is -2.51. The van der Waals surface area contributed by atoms with Gasteiger partial charge in [0, 0.05) is 43.7 Å². The van der Waals surface area contributed by atoms with E-state index in [1.54, 1.807) is 29.1 Å². The molecule has 1 aromatic heterocycles. The van der Waals surface area contributed by atoms with E-state index in [2.05, 4.69) is 22.1 Å². The molecule has 3 rings (SSSR count).